The molecule has 1 rings (SSSR count). The van der Waals surface area contributed by atoms with Gasteiger partial charge in [-0.15, -0.1) is 0 Å². The Labute approximate surface area is 89.1 Å². The molecule has 0 bridgehead atoms. The van der Waals surface area contributed by atoms with Crippen LogP contribution in [0.3, 0.4) is 0 Å². The molecule has 0 aliphatic heterocycles. The molecular formula is C12H14O3. The van der Waals surface area contributed by atoms with Crippen LogP contribution in [0.25, 0.3) is 0 Å². The molecule has 0 atom stereocenters. The van der Waals surface area contributed by atoms with Crippen molar-refractivity contribution in [2.75, 3.05) is 0 Å². The first kappa shape index (κ1) is 11.4. The molecule has 0 aromatic heterocycles. The van der Waals surface area contributed by atoms with Gasteiger partial charge in [0.15, 0.2) is 0 Å². The van der Waals surface area contributed by atoms with Crippen molar-refractivity contribution < 1.29 is 14.3 Å². The van der Waals surface area contributed by atoms with Gasteiger partial charge in [0.25, 0.3) is 0 Å². The predicted molar refractivity (Wildman–Crippen MR) is 56.7 cm³/mol. The third-order valence-electron chi connectivity index (χ3n) is 1.96. The van der Waals surface area contributed by atoms with E-state index in [1.807, 2.05) is 19.1 Å². The van der Waals surface area contributed by atoms with Crippen molar-refractivity contribution in [1.82, 2.24) is 0 Å². The van der Waals surface area contributed by atoms with Gasteiger partial charge in [0.1, 0.15) is 12.0 Å². The van der Waals surface area contributed by atoms with Crippen molar-refractivity contribution in [1.29, 1.82) is 0 Å². The normalized spacial score (nSPS) is 9.67. The number of esters is 1. The number of ether oxygens (including phenoxy) is 1. The van der Waals surface area contributed by atoms with Gasteiger partial charge in [0.05, 0.1) is 0 Å². The average molecular weight is 206 g/mol. The van der Waals surface area contributed by atoms with Crippen molar-refractivity contribution in [3.63, 3.8) is 0 Å². The van der Waals surface area contributed by atoms with E-state index < -0.39 is 0 Å². The molecule has 80 valence electrons. The molecule has 0 saturated heterocycles. The largest absolute Gasteiger partial charge is 0.427 e. The Hall–Kier alpha value is -1.64. The first-order valence-electron chi connectivity index (χ1n) is 4.93. The molecule has 3 heteroatoms. The number of carbonyl (C=O) groups excluding carboxylic acids is 2. The summed E-state index contributed by atoms with van der Waals surface area (Å²) in [7, 11) is 0. The molecule has 0 spiro atoms. The molecule has 0 radical (unpaired) electrons. The number of hydrogen-bond acceptors (Lipinski definition) is 3. The fraction of sp³-hybridized carbons (Fsp3) is 0.333. The van der Waals surface area contributed by atoms with E-state index in [1.54, 1.807) is 12.1 Å². The minimum absolute atomic E-state index is 0.284. The highest BCUT2D eigenvalue weighted by molar-refractivity contribution is 5.72. The second-order valence-corrected chi connectivity index (χ2v) is 3.35. The van der Waals surface area contributed by atoms with Crippen LogP contribution in [0.2, 0.25) is 0 Å². The Morgan fingerprint density at radius 1 is 1.33 bits per heavy atom. The van der Waals surface area contributed by atoms with Gasteiger partial charge in [0.2, 0.25) is 0 Å². The Morgan fingerprint density at radius 3 is 2.60 bits per heavy atom. The van der Waals surface area contributed by atoms with Crippen molar-refractivity contribution in [2.24, 2.45) is 0 Å². The van der Waals surface area contributed by atoms with Gasteiger partial charge < -0.3 is 9.53 Å². The van der Waals surface area contributed by atoms with Crippen molar-refractivity contribution in [2.45, 2.75) is 26.2 Å². The molecule has 0 unspecified atom stereocenters. The van der Waals surface area contributed by atoms with E-state index in [4.69, 9.17) is 4.74 Å². The standard InChI is InChI=1S/C12H14O3/c1-10-5-7-11(8-6-10)15-12(14)4-2-3-9-13/h5-9H,2-4H2,1H3. The minimum Gasteiger partial charge on any atom is -0.427 e. The second-order valence-electron chi connectivity index (χ2n) is 3.35. The number of benzene rings is 1. The van der Waals surface area contributed by atoms with Gasteiger partial charge in [-0.1, -0.05) is 17.7 Å². The van der Waals surface area contributed by atoms with Crippen LogP contribution in [0.15, 0.2) is 24.3 Å². The molecule has 0 aliphatic rings. The lowest BCUT2D eigenvalue weighted by Crippen LogP contribution is -2.07. The molecule has 1 aromatic rings. The van der Waals surface area contributed by atoms with Crippen LogP contribution < -0.4 is 4.74 Å². The van der Waals surface area contributed by atoms with Crippen LogP contribution in [-0.4, -0.2) is 12.3 Å². The number of unbranched alkanes of at least 4 members (excludes halogenated alkanes) is 1. The lowest BCUT2D eigenvalue weighted by molar-refractivity contribution is -0.134. The summed E-state index contributed by atoms with van der Waals surface area (Å²) in [5.41, 5.74) is 1.12. The topological polar surface area (TPSA) is 43.4 Å². The summed E-state index contributed by atoms with van der Waals surface area (Å²) >= 11 is 0. The SMILES string of the molecule is Cc1ccc(OC(=O)CCCC=O)cc1. The van der Waals surface area contributed by atoms with E-state index in [1.165, 1.54) is 0 Å². The first-order valence-corrected chi connectivity index (χ1v) is 4.93. The third-order valence-corrected chi connectivity index (χ3v) is 1.96. The first-order chi connectivity index (χ1) is 7.22. The number of hydrogen-bond donors (Lipinski definition) is 0. The highest BCUT2D eigenvalue weighted by Crippen LogP contribution is 2.12. The molecule has 0 heterocycles. The smallest absolute Gasteiger partial charge is 0.311 e. The highest BCUT2D eigenvalue weighted by Gasteiger charge is 2.03. The van der Waals surface area contributed by atoms with Crippen LogP contribution in [0.1, 0.15) is 24.8 Å². The van der Waals surface area contributed by atoms with E-state index in [-0.39, 0.29) is 12.4 Å². The Bertz CT molecular complexity index is 327. The number of rotatable bonds is 5. The average Bonchev–Trinajstić information content (AvgIpc) is 2.22. The second kappa shape index (κ2) is 5.96. The van der Waals surface area contributed by atoms with Gasteiger partial charge in [-0.05, 0) is 25.5 Å². The lowest BCUT2D eigenvalue weighted by atomic mass is 10.2. The van der Waals surface area contributed by atoms with Crippen LogP contribution >= 0.6 is 0 Å². The summed E-state index contributed by atoms with van der Waals surface area (Å²) in [6, 6.07) is 7.28. The van der Waals surface area contributed by atoms with E-state index in [0.717, 1.165) is 11.8 Å². The maximum Gasteiger partial charge on any atom is 0.311 e. The van der Waals surface area contributed by atoms with E-state index in [9.17, 15) is 9.59 Å². The van der Waals surface area contributed by atoms with Crippen molar-refractivity contribution >= 4 is 12.3 Å². The van der Waals surface area contributed by atoms with Gasteiger partial charge in [-0.2, -0.15) is 0 Å². The molecular weight excluding hydrogens is 192 g/mol. The molecule has 0 N–H and O–H groups in total. The van der Waals surface area contributed by atoms with E-state index in [2.05, 4.69) is 0 Å². The quantitative estimate of drug-likeness (QED) is 0.321. The zero-order valence-corrected chi connectivity index (χ0v) is 8.73. The predicted octanol–water partition coefficient (Wildman–Crippen LogP) is 2.27. The number of aldehydes is 1. The molecule has 0 amide bonds. The fourth-order valence-electron chi connectivity index (χ4n) is 1.12. The summed E-state index contributed by atoms with van der Waals surface area (Å²) in [5, 5.41) is 0. The summed E-state index contributed by atoms with van der Waals surface area (Å²) in [6.07, 6.45) is 2.04. The summed E-state index contributed by atoms with van der Waals surface area (Å²) in [4.78, 5) is 21.3. The van der Waals surface area contributed by atoms with Crippen molar-refractivity contribution in [3.8, 4) is 5.75 Å². The maximum absolute atomic E-state index is 11.2. The van der Waals surface area contributed by atoms with Crippen LogP contribution in [0.4, 0.5) is 0 Å². The summed E-state index contributed by atoms with van der Waals surface area (Å²) in [5.74, 6) is 0.261. The van der Waals surface area contributed by atoms with Gasteiger partial charge in [-0.3, -0.25) is 4.79 Å². The number of carbonyl (C=O) groups is 2. The maximum atomic E-state index is 11.2. The van der Waals surface area contributed by atoms with Crippen LogP contribution in [-0.2, 0) is 9.59 Å². The van der Waals surface area contributed by atoms with Gasteiger partial charge in [-0.25, -0.2) is 0 Å². The van der Waals surface area contributed by atoms with Crippen LogP contribution in [0.5, 0.6) is 5.75 Å². The highest BCUT2D eigenvalue weighted by atomic mass is 16.5. The zero-order chi connectivity index (χ0) is 11.1. The fourth-order valence-corrected chi connectivity index (χ4v) is 1.12. The summed E-state index contributed by atoms with van der Waals surface area (Å²) < 4.78 is 5.06. The van der Waals surface area contributed by atoms with Crippen molar-refractivity contribution in [3.05, 3.63) is 29.8 Å². The molecule has 0 fully saturated rings. The van der Waals surface area contributed by atoms with Crippen LogP contribution in [0, 0.1) is 6.92 Å². The van der Waals surface area contributed by atoms with E-state index >= 15 is 0 Å². The Kier molecular flexibility index (Phi) is 4.54. The molecule has 0 saturated carbocycles. The zero-order valence-electron chi connectivity index (χ0n) is 8.73. The molecule has 0 aliphatic carbocycles. The summed E-state index contributed by atoms with van der Waals surface area (Å²) in [6.45, 7) is 1.97. The molecule has 1 aromatic carbocycles. The molecule has 3 nitrogen and oxygen atoms in total. The van der Waals surface area contributed by atoms with Gasteiger partial charge >= 0.3 is 5.97 Å². The lowest BCUT2D eigenvalue weighted by Gasteiger charge is -2.03. The Balaban J connectivity index is 2.37. The van der Waals surface area contributed by atoms with Gasteiger partial charge in [0, 0.05) is 12.8 Å². The minimum atomic E-state index is -0.291. The number of aryl methyl sites for hydroxylation is 1. The molecule has 15 heavy (non-hydrogen) atoms. The Morgan fingerprint density at radius 2 is 2.00 bits per heavy atom. The third kappa shape index (κ3) is 4.40. The van der Waals surface area contributed by atoms with E-state index in [0.29, 0.717) is 18.6 Å². The monoisotopic (exact) mass is 206 g/mol.